The Labute approximate surface area is 390 Å². The monoisotopic (exact) mass is 856 g/mol. The topological polar surface area (TPSA) is 8.82 Å². The van der Waals surface area contributed by atoms with Gasteiger partial charge in [0.1, 0.15) is 0 Å². The summed E-state index contributed by atoms with van der Waals surface area (Å²) < 4.78 is 5.21. The average Bonchev–Trinajstić information content (AvgIpc) is 4.13. The number of hydrogen-bond donors (Lipinski definition) is 0. The Morgan fingerprint density at radius 2 is 0.544 bits per heavy atom. The first-order valence-corrected chi connectivity index (χ1v) is 23.8. The van der Waals surface area contributed by atoms with Crippen molar-refractivity contribution in [1.29, 1.82) is 0 Å². The van der Waals surface area contributed by atoms with Crippen molar-refractivity contribution < 1.29 is 0 Å². The summed E-state index contributed by atoms with van der Waals surface area (Å²) in [4.78, 5) is 0. The molecule has 0 amide bonds. The molecule has 0 atom stereocenters. The number of rotatable bonds is 0. The molecule has 0 bridgehead atoms. The summed E-state index contributed by atoms with van der Waals surface area (Å²) in [6.45, 7) is 0. The van der Waals surface area contributed by atoms with Crippen molar-refractivity contribution in [1.82, 2.24) is 8.80 Å². The molecule has 2 heteroatoms. The minimum atomic E-state index is 1.24. The minimum Gasteiger partial charge on any atom is -0.308 e. The number of para-hydroxylation sites is 2. The van der Waals surface area contributed by atoms with Crippen molar-refractivity contribution in [2.75, 3.05) is 0 Å². The Morgan fingerprint density at radius 3 is 1.06 bits per heavy atom. The third kappa shape index (κ3) is 4.18. The zero-order valence-electron chi connectivity index (χ0n) is 36.7. The maximum absolute atomic E-state index is 2.62. The van der Waals surface area contributed by atoms with Gasteiger partial charge < -0.3 is 8.80 Å². The molecule has 4 aromatic heterocycles. The lowest BCUT2D eigenvalue weighted by atomic mass is 9.79. The third-order valence-corrected chi connectivity index (χ3v) is 15.9. The summed E-state index contributed by atoms with van der Waals surface area (Å²) in [5.41, 5.74) is 27.8. The molecule has 0 radical (unpaired) electrons. The number of fused-ring (bicyclic) bond motifs is 30. The van der Waals surface area contributed by atoms with Gasteiger partial charge in [-0.15, -0.1) is 0 Å². The van der Waals surface area contributed by atoms with E-state index in [0.29, 0.717) is 0 Å². The molecule has 2 nitrogen and oxygen atoms in total. The normalized spacial score (nSPS) is 12.7. The van der Waals surface area contributed by atoms with Crippen LogP contribution in [-0.2, 0) is 0 Å². The quantitative estimate of drug-likeness (QED) is 0.144. The second-order valence-corrected chi connectivity index (χ2v) is 19.0. The van der Waals surface area contributed by atoms with Gasteiger partial charge in [0.15, 0.2) is 0 Å². The number of benzene rings is 11. The fraction of sp³-hybridized carbons (Fsp3) is 0. The first-order valence-electron chi connectivity index (χ1n) is 23.8. The number of hydrogen-bond acceptors (Lipinski definition) is 0. The van der Waals surface area contributed by atoms with Crippen LogP contribution in [0.3, 0.4) is 0 Å². The van der Waals surface area contributed by atoms with E-state index in [-0.39, 0.29) is 0 Å². The second-order valence-electron chi connectivity index (χ2n) is 19.0. The molecular formula is C66H36N2. The Hall–Kier alpha value is -8.98. The van der Waals surface area contributed by atoms with Gasteiger partial charge in [0.25, 0.3) is 0 Å². The first kappa shape index (κ1) is 35.3. The summed E-state index contributed by atoms with van der Waals surface area (Å²) in [5.74, 6) is 0. The van der Waals surface area contributed by atoms with Crippen molar-refractivity contribution in [2.45, 2.75) is 0 Å². The van der Waals surface area contributed by atoms with Crippen LogP contribution in [0.4, 0.5) is 0 Å². The summed E-state index contributed by atoms with van der Waals surface area (Å²) >= 11 is 0. The molecule has 310 valence electrons. The zero-order chi connectivity index (χ0) is 43.9. The van der Waals surface area contributed by atoms with Crippen LogP contribution in [-0.4, -0.2) is 8.80 Å². The molecule has 0 saturated heterocycles. The van der Waals surface area contributed by atoms with E-state index in [0.717, 1.165) is 0 Å². The molecule has 0 spiro atoms. The van der Waals surface area contributed by atoms with Gasteiger partial charge in [-0.1, -0.05) is 182 Å². The number of aromatic nitrogens is 2. The molecule has 4 heterocycles. The van der Waals surface area contributed by atoms with Crippen LogP contribution >= 0.6 is 0 Å². The second kappa shape index (κ2) is 12.5. The van der Waals surface area contributed by atoms with Gasteiger partial charge >= 0.3 is 0 Å². The van der Waals surface area contributed by atoms with E-state index in [4.69, 9.17) is 0 Å². The standard InChI is InChI=1S/C66H36N2/c1-2-18-38-37(17-1)41-21-5-8-25-45(41)51-33-53-55-36-60-62(64-50-30-14-15-31-57(50)67(65(55)64)59(53)35-52(51)46-26-9-6-22-42(38)46)56-34-54-47-27-10-7-23-43(47)39-19-3-4-20-40(39)44-24-11-12-28-48(44)61(54)63-49-29-13-16-32-58(49)68(60)66(56)63/h1-36H. The molecule has 2 aliphatic rings. The van der Waals surface area contributed by atoms with Crippen LogP contribution in [0, 0.1) is 0 Å². The average molecular weight is 857 g/mol. The van der Waals surface area contributed by atoms with Crippen LogP contribution in [0.2, 0.25) is 0 Å². The Kier molecular flexibility index (Phi) is 6.47. The van der Waals surface area contributed by atoms with E-state index in [1.54, 1.807) is 0 Å². The summed E-state index contributed by atoms with van der Waals surface area (Å²) in [6, 6.07) is 82.6. The van der Waals surface area contributed by atoms with E-state index < -0.39 is 0 Å². The Balaban J connectivity index is 1.09. The molecule has 0 N–H and O–H groups in total. The van der Waals surface area contributed by atoms with E-state index in [1.165, 1.54) is 165 Å². The maximum Gasteiger partial charge on any atom is 0.0628 e. The van der Waals surface area contributed by atoms with Crippen LogP contribution in [0.15, 0.2) is 218 Å². The largest absolute Gasteiger partial charge is 0.308 e. The van der Waals surface area contributed by atoms with E-state index in [2.05, 4.69) is 227 Å². The lowest BCUT2D eigenvalue weighted by Crippen LogP contribution is -1.97. The zero-order valence-corrected chi connectivity index (χ0v) is 36.7. The SMILES string of the molecule is c1ccc2c(c1)-c1ccccc1-c1cc3c4cc5c(c6cc7c(c8c9ccccc9n5c68)-c5ccccc5-c5ccccc5-c5ccccc5-7)c5c6ccccc6n(c3cc1-c1ccccc1-2)c45. The molecule has 0 unspecified atom stereocenters. The van der Waals surface area contributed by atoms with Crippen LogP contribution in [0.1, 0.15) is 0 Å². The molecule has 17 rings (SSSR count). The van der Waals surface area contributed by atoms with Crippen molar-refractivity contribution in [2.24, 2.45) is 0 Å². The minimum absolute atomic E-state index is 1.24. The van der Waals surface area contributed by atoms with Gasteiger partial charge in [-0.2, -0.15) is 0 Å². The Bertz CT molecular complexity index is 4730. The highest BCUT2D eigenvalue weighted by Gasteiger charge is 2.32. The highest BCUT2D eigenvalue weighted by molar-refractivity contribution is 6.40. The third-order valence-electron chi connectivity index (χ3n) is 15.9. The van der Waals surface area contributed by atoms with Crippen LogP contribution in [0.25, 0.3) is 165 Å². The van der Waals surface area contributed by atoms with E-state index in [9.17, 15) is 0 Å². The highest BCUT2D eigenvalue weighted by atomic mass is 14.9. The van der Waals surface area contributed by atoms with Gasteiger partial charge in [-0.05, 0) is 120 Å². The molecule has 11 aromatic carbocycles. The summed E-state index contributed by atoms with van der Waals surface area (Å²) in [5, 5.41) is 10.4. The van der Waals surface area contributed by atoms with Gasteiger partial charge in [0.05, 0.1) is 33.1 Å². The van der Waals surface area contributed by atoms with Crippen LogP contribution < -0.4 is 0 Å². The summed E-state index contributed by atoms with van der Waals surface area (Å²) in [7, 11) is 0. The van der Waals surface area contributed by atoms with Crippen LogP contribution in [0.5, 0.6) is 0 Å². The Morgan fingerprint density at radius 1 is 0.191 bits per heavy atom. The molecular weight excluding hydrogens is 821 g/mol. The molecule has 2 aliphatic carbocycles. The maximum atomic E-state index is 2.62. The molecule has 0 aliphatic heterocycles. The fourth-order valence-corrected chi connectivity index (χ4v) is 13.3. The van der Waals surface area contributed by atoms with E-state index >= 15 is 0 Å². The molecule has 15 aromatic rings. The van der Waals surface area contributed by atoms with Crippen molar-refractivity contribution in [3.63, 3.8) is 0 Å². The lowest BCUT2D eigenvalue weighted by Gasteiger charge is -2.24. The van der Waals surface area contributed by atoms with Gasteiger partial charge in [0, 0.05) is 48.7 Å². The van der Waals surface area contributed by atoms with Crippen molar-refractivity contribution in [3.8, 4) is 89.0 Å². The van der Waals surface area contributed by atoms with Crippen molar-refractivity contribution in [3.05, 3.63) is 218 Å². The van der Waals surface area contributed by atoms with E-state index in [1.807, 2.05) is 0 Å². The molecule has 0 saturated carbocycles. The smallest absolute Gasteiger partial charge is 0.0628 e. The molecule has 68 heavy (non-hydrogen) atoms. The van der Waals surface area contributed by atoms with Gasteiger partial charge in [-0.3, -0.25) is 0 Å². The predicted molar refractivity (Wildman–Crippen MR) is 286 cm³/mol. The van der Waals surface area contributed by atoms with Crippen molar-refractivity contribution >= 4 is 76.2 Å². The van der Waals surface area contributed by atoms with Gasteiger partial charge in [-0.25, -0.2) is 0 Å². The number of nitrogens with zero attached hydrogens (tertiary/aromatic N) is 2. The first-order chi connectivity index (χ1) is 33.8. The lowest BCUT2D eigenvalue weighted by molar-refractivity contribution is 1.36. The predicted octanol–water partition coefficient (Wildman–Crippen LogP) is 17.9. The van der Waals surface area contributed by atoms with Gasteiger partial charge in [0.2, 0.25) is 0 Å². The fourth-order valence-electron chi connectivity index (χ4n) is 13.3. The highest BCUT2D eigenvalue weighted by Crippen LogP contribution is 2.57. The summed E-state index contributed by atoms with van der Waals surface area (Å²) in [6.07, 6.45) is 0. The molecule has 0 fully saturated rings.